The molecule has 0 radical (unpaired) electrons. The van der Waals surface area contributed by atoms with Crippen LogP contribution in [0.25, 0.3) is 0 Å². The van der Waals surface area contributed by atoms with Crippen LogP contribution in [0.4, 0.5) is 0 Å². The number of rotatable bonds is 6. The summed E-state index contributed by atoms with van der Waals surface area (Å²) in [5.74, 6) is 1.66. The van der Waals surface area contributed by atoms with Gasteiger partial charge in [-0.2, -0.15) is 0 Å². The van der Waals surface area contributed by atoms with Gasteiger partial charge in [0.05, 0.1) is 7.11 Å². The van der Waals surface area contributed by atoms with Gasteiger partial charge in [0.15, 0.2) is 0 Å². The van der Waals surface area contributed by atoms with Gasteiger partial charge in [0.2, 0.25) is 0 Å². The smallest absolute Gasteiger partial charge is 0.122 e. The Balaban J connectivity index is 3.27. The number of hydrogen-bond donors (Lipinski definition) is 1. The summed E-state index contributed by atoms with van der Waals surface area (Å²) < 4.78 is 5.42. The Morgan fingerprint density at radius 3 is 2.32 bits per heavy atom. The van der Waals surface area contributed by atoms with E-state index in [1.54, 1.807) is 7.11 Å². The Bertz CT molecular complexity index is 426. The maximum atomic E-state index is 5.42. The third-order valence-electron chi connectivity index (χ3n) is 4.03. The van der Waals surface area contributed by atoms with Gasteiger partial charge < -0.3 is 10.1 Å². The topological polar surface area (TPSA) is 21.3 Å². The maximum absolute atomic E-state index is 5.42. The van der Waals surface area contributed by atoms with E-state index in [2.05, 4.69) is 52.1 Å². The van der Waals surface area contributed by atoms with Crippen LogP contribution in [-0.2, 0) is 5.41 Å². The van der Waals surface area contributed by atoms with Crippen molar-refractivity contribution in [3.8, 4) is 5.75 Å². The Morgan fingerprint density at radius 2 is 1.84 bits per heavy atom. The van der Waals surface area contributed by atoms with Crippen molar-refractivity contribution in [1.82, 2.24) is 5.32 Å². The third kappa shape index (κ3) is 3.50. The normalized spacial score (nSPS) is 14.5. The van der Waals surface area contributed by atoms with Gasteiger partial charge in [-0.05, 0) is 56.0 Å². The molecule has 0 aliphatic rings. The molecule has 1 N–H and O–H groups in total. The van der Waals surface area contributed by atoms with E-state index in [1.807, 2.05) is 7.05 Å². The Morgan fingerprint density at radius 1 is 1.21 bits per heavy atom. The molecule has 0 saturated heterocycles. The van der Waals surface area contributed by atoms with Gasteiger partial charge in [-0.25, -0.2) is 0 Å². The monoisotopic (exact) mass is 263 g/mol. The zero-order valence-electron chi connectivity index (χ0n) is 13.6. The van der Waals surface area contributed by atoms with Crippen LogP contribution in [0.5, 0.6) is 5.75 Å². The lowest BCUT2D eigenvalue weighted by Crippen LogP contribution is -2.36. The molecule has 1 aromatic carbocycles. The summed E-state index contributed by atoms with van der Waals surface area (Å²) in [5, 5.41) is 3.36. The van der Waals surface area contributed by atoms with Gasteiger partial charge in [0.25, 0.3) is 0 Å². The summed E-state index contributed by atoms with van der Waals surface area (Å²) in [6.07, 6.45) is 1.18. The standard InChI is InChI=1S/C17H29NO/c1-12(2)10-17(5,11-18-6)15-8-9-16(19-7)14(4)13(15)3/h8-9,12,18H,10-11H2,1-7H3. The third-order valence-corrected chi connectivity index (χ3v) is 4.03. The molecule has 0 aromatic heterocycles. The van der Waals surface area contributed by atoms with E-state index in [-0.39, 0.29) is 5.41 Å². The van der Waals surface area contributed by atoms with E-state index >= 15 is 0 Å². The van der Waals surface area contributed by atoms with Crippen molar-refractivity contribution in [3.05, 3.63) is 28.8 Å². The number of hydrogen-bond acceptors (Lipinski definition) is 2. The van der Waals surface area contributed by atoms with Gasteiger partial charge in [0.1, 0.15) is 5.75 Å². The second-order valence-corrected chi connectivity index (χ2v) is 6.25. The van der Waals surface area contributed by atoms with Crippen LogP contribution >= 0.6 is 0 Å². The molecule has 0 saturated carbocycles. The van der Waals surface area contributed by atoms with E-state index in [0.29, 0.717) is 5.92 Å². The first-order chi connectivity index (χ1) is 8.85. The maximum Gasteiger partial charge on any atom is 0.122 e. The number of methoxy groups -OCH3 is 1. The second kappa shape index (κ2) is 6.42. The molecule has 0 aliphatic carbocycles. The minimum atomic E-state index is 0.171. The highest BCUT2D eigenvalue weighted by Gasteiger charge is 2.29. The zero-order valence-corrected chi connectivity index (χ0v) is 13.6. The van der Waals surface area contributed by atoms with Gasteiger partial charge in [-0.3, -0.25) is 0 Å². The van der Waals surface area contributed by atoms with Crippen LogP contribution in [0.3, 0.4) is 0 Å². The summed E-state index contributed by atoms with van der Waals surface area (Å²) in [7, 11) is 3.77. The summed E-state index contributed by atoms with van der Waals surface area (Å²) in [4.78, 5) is 0. The van der Waals surface area contributed by atoms with Crippen molar-refractivity contribution < 1.29 is 4.74 Å². The minimum Gasteiger partial charge on any atom is -0.496 e. The molecular weight excluding hydrogens is 234 g/mol. The van der Waals surface area contributed by atoms with E-state index < -0.39 is 0 Å². The van der Waals surface area contributed by atoms with Crippen LogP contribution in [0.15, 0.2) is 12.1 Å². The molecule has 0 spiro atoms. The fraction of sp³-hybridized carbons (Fsp3) is 0.647. The van der Waals surface area contributed by atoms with Crippen LogP contribution in [0.1, 0.15) is 43.9 Å². The first kappa shape index (κ1) is 16.0. The lowest BCUT2D eigenvalue weighted by molar-refractivity contribution is 0.354. The molecule has 1 aromatic rings. The van der Waals surface area contributed by atoms with Gasteiger partial charge in [-0.1, -0.05) is 26.8 Å². The fourth-order valence-electron chi connectivity index (χ4n) is 3.24. The van der Waals surface area contributed by atoms with Crippen molar-refractivity contribution >= 4 is 0 Å². The molecule has 0 aliphatic heterocycles. The predicted octanol–water partition coefficient (Wildman–Crippen LogP) is 3.84. The predicted molar refractivity (Wildman–Crippen MR) is 83.2 cm³/mol. The summed E-state index contributed by atoms with van der Waals surface area (Å²) >= 11 is 0. The molecule has 1 rings (SSSR count). The molecule has 0 fully saturated rings. The van der Waals surface area contributed by atoms with Crippen molar-refractivity contribution in [1.29, 1.82) is 0 Å². The van der Waals surface area contributed by atoms with Gasteiger partial charge in [-0.15, -0.1) is 0 Å². The van der Waals surface area contributed by atoms with Crippen LogP contribution < -0.4 is 10.1 Å². The summed E-state index contributed by atoms with van der Waals surface area (Å²) in [6.45, 7) is 12.3. The van der Waals surface area contributed by atoms with Gasteiger partial charge >= 0.3 is 0 Å². The van der Waals surface area contributed by atoms with Crippen LogP contribution in [0.2, 0.25) is 0 Å². The van der Waals surface area contributed by atoms with Crippen molar-refractivity contribution in [2.45, 2.75) is 46.5 Å². The lowest BCUT2D eigenvalue weighted by Gasteiger charge is -2.34. The molecule has 1 atom stereocenters. The largest absolute Gasteiger partial charge is 0.496 e. The highest BCUT2D eigenvalue weighted by Crippen LogP contribution is 2.36. The molecule has 1 unspecified atom stereocenters. The summed E-state index contributed by atoms with van der Waals surface area (Å²) in [5.41, 5.74) is 4.22. The van der Waals surface area contributed by atoms with E-state index in [9.17, 15) is 0 Å². The molecule has 2 heteroatoms. The van der Waals surface area contributed by atoms with Crippen molar-refractivity contribution in [3.63, 3.8) is 0 Å². The van der Waals surface area contributed by atoms with Crippen LogP contribution in [0, 0.1) is 19.8 Å². The highest BCUT2D eigenvalue weighted by molar-refractivity contribution is 5.46. The molecule has 0 bridgehead atoms. The zero-order chi connectivity index (χ0) is 14.6. The molecule has 19 heavy (non-hydrogen) atoms. The highest BCUT2D eigenvalue weighted by atomic mass is 16.5. The average molecular weight is 263 g/mol. The quantitative estimate of drug-likeness (QED) is 0.842. The van der Waals surface area contributed by atoms with E-state index in [0.717, 1.165) is 12.3 Å². The Kier molecular flexibility index (Phi) is 5.42. The Hall–Kier alpha value is -1.02. The van der Waals surface area contributed by atoms with Crippen molar-refractivity contribution in [2.24, 2.45) is 5.92 Å². The van der Waals surface area contributed by atoms with Crippen molar-refractivity contribution in [2.75, 3.05) is 20.7 Å². The SMILES string of the molecule is CNCC(C)(CC(C)C)c1ccc(OC)c(C)c1C. The van der Waals surface area contributed by atoms with E-state index in [1.165, 1.54) is 23.1 Å². The number of ether oxygens (including phenoxy) is 1. The number of benzene rings is 1. The number of nitrogens with one attached hydrogen (secondary N) is 1. The first-order valence-corrected chi connectivity index (χ1v) is 7.15. The van der Waals surface area contributed by atoms with E-state index in [4.69, 9.17) is 4.74 Å². The molecular formula is C17H29NO. The first-order valence-electron chi connectivity index (χ1n) is 7.15. The molecule has 0 amide bonds. The minimum absolute atomic E-state index is 0.171. The van der Waals surface area contributed by atoms with Crippen LogP contribution in [-0.4, -0.2) is 20.7 Å². The number of likely N-dealkylation sites (N-methyl/N-ethyl adjacent to an activating group) is 1. The molecule has 0 heterocycles. The Labute approximate surface area is 118 Å². The average Bonchev–Trinajstić information content (AvgIpc) is 2.31. The molecule has 108 valence electrons. The molecule has 2 nitrogen and oxygen atoms in total. The summed E-state index contributed by atoms with van der Waals surface area (Å²) in [6, 6.07) is 4.34. The lowest BCUT2D eigenvalue weighted by atomic mass is 9.73. The van der Waals surface area contributed by atoms with Gasteiger partial charge in [0, 0.05) is 12.0 Å². The second-order valence-electron chi connectivity index (χ2n) is 6.25. The fourth-order valence-corrected chi connectivity index (χ4v) is 3.24.